The fraction of sp³-hybridized carbons (Fsp3) is 0.286. The minimum Gasteiger partial charge on any atom is -0.493 e. The number of benzene rings is 3. The van der Waals surface area contributed by atoms with Crippen molar-refractivity contribution in [3.63, 3.8) is 0 Å². The lowest BCUT2D eigenvalue weighted by Gasteiger charge is -2.21. The lowest BCUT2D eigenvalue weighted by Crippen LogP contribution is -2.33. The summed E-state index contributed by atoms with van der Waals surface area (Å²) < 4.78 is 11.8. The molecule has 6 nitrogen and oxygen atoms in total. The van der Waals surface area contributed by atoms with Gasteiger partial charge in [-0.15, -0.1) is 12.4 Å². The quantitative estimate of drug-likeness (QED) is 0.257. The van der Waals surface area contributed by atoms with Crippen molar-refractivity contribution in [3.8, 4) is 11.5 Å². The number of hydrogen-bond acceptors (Lipinski definition) is 6. The summed E-state index contributed by atoms with van der Waals surface area (Å²) in [5.74, 6) is 1.22. The van der Waals surface area contributed by atoms with Crippen LogP contribution < -0.4 is 14.4 Å². The van der Waals surface area contributed by atoms with Crippen molar-refractivity contribution in [1.82, 2.24) is 9.88 Å². The number of thiazole rings is 1. The topological polar surface area (TPSA) is 54.9 Å². The third-order valence-corrected chi connectivity index (χ3v) is 6.84. The number of methoxy groups -OCH3 is 2. The number of rotatable bonds is 10. The van der Waals surface area contributed by atoms with Crippen molar-refractivity contribution in [3.05, 3.63) is 83.4 Å². The van der Waals surface area contributed by atoms with Gasteiger partial charge >= 0.3 is 0 Å². The predicted molar refractivity (Wildman–Crippen MR) is 151 cm³/mol. The van der Waals surface area contributed by atoms with E-state index in [1.54, 1.807) is 19.1 Å². The summed E-state index contributed by atoms with van der Waals surface area (Å²) >= 11 is 1.49. The fourth-order valence-electron chi connectivity index (χ4n) is 3.94. The molecule has 0 aliphatic carbocycles. The molecule has 190 valence electrons. The molecule has 1 heterocycles. The zero-order valence-corrected chi connectivity index (χ0v) is 22.7. The average molecular weight is 526 g/mol. The molecule has 0 saturated heterocycles. The van der Waals surface area contributed by atoms with Gasteiger partial charge in [0.25, 0.3) is 5.91 Å². The molecular weight excluding hydrogens is 494 g/mol. The number of halogens is 1. The molecule has 0 unspecified atom stereocenters. The smallest absolute Gasteiger partial charge is 0.260 e. The molecule has 0 N–H and O–H groups in total. The molecule has 36 heavy (non-hydrogen) atoms. The van der Waals surface area contributed by atoms with E-state index in [2.05, 4.69) is 17.0 Å². The molecule has 3 aromatic carbocycles. The predicted octanol–water partition coefficient (Wildman–Crippen LogP) is 5.92. The summed E-state index contributed by atoms with van der Waals surface area (Å²) in [6, 6.07) is 22.0. The first kappa shape index (κ1) is 27.5. The molecule has 0 spiro atoms. The van der Waals surface area contributed by atoms with Crippen LogP contribution in [-0.4, -0.2) is 57.2 Å². The third kappa shape index (κ3) is 6.55. The van der Waals surface area contributed by atoms with Crippen LogP contribution in [0.2, 0.25) is 0 Å². The first-order chi connectivity index (χ1) is 17.0. The molecule has 0 saturated carbocycles. The van der Waals surface area contributed by atoms with Crippen LogP contribution in [0.4, 0.5) is 5.13 Å². The number of anilines is 1. The van der Waals surface area contributed by atoms with Gasteiger partial charge in [-0.3, -0.25) is 9.69 Å². The molecule has 0 aliphatic heterocycles. The van der Waals surface area contributed by atoms with Gasteiger partial charge in [-0.2, -0.15) is 0 Å². The summed E-state index contributed by atoms with van der Waals surface area (Å²) in [7, 11) is 7.29. The summed E-state index contributed by atoms with van der Waals surface area (Å²) in [6.45, 7) is 1.46. The van der Waals surface area contributed by atoms with E-state index in [-0.39, 0.29) is 18.3 Å². The van der Waals surface area contributed by atoms with Gasteiger partial charge in [0, 0.05) is 24.2 Å². The summed E-state index contributed by atoms with van der Waals surface area (Å²) in [6.07, 6.45) is 1.68. The van der Waals surface area contributed by atoms with Crippen LogP contribution in [0, 0.1) is 0 Å². The van der Waals surface area contributed by atoms with Crippen LogP contribution in [0.1, 0.15) is 27.9 Å². The lowest BCUT2D eigenvalue weighted by atomic mass is 10.0. The van der Waals surface area contributed by atoms with Gasteiger partial charge in [-0.05, 0) is 56.7 Å². The highest BCUT2D eigenvalue weighted by Crippen LogP contribution is 2.37. The molecule has 0 atom stereocenters. The van der Waals surface area contributed by atoms with Gasteiger partial charge in [-0.25, -0.2) is 4.98 Å². The van der Waals surface area contributed by atoms with Crippen molar-refractivity contribution >= 4 is 45.0 Å². The number of amides is 1. The summed E-state index contributed by atoms with van der Waals surface area (Å²) in [5, 5.41) is 0.674. The number of fused-ring (bicyclic) bond motifs is 1. The van der Waals surface area contributed by atoms with E-state index in [9.17, 15) is 4.79 Å². The van der Waals surface area contributed by atoms with Gasteiger partial charge in [0.1, 0.15) is 0 Å². The van der Waals surface area contributed by atoms with Crippen LogP contribution in [-0.2, 0) is 6.42 Å². The fourth-order valence-corrected chi connectivity index (χ4v) is 4.94. The van der Waals surface area contributed by atoms with Gasteiger partial charge in [-0.1, -0.05) is 53.8 Å². The van der Waals surface area contributed by atoms with E-state index < -0.39 is 0 Å². The molecular formula is C28H32ClN3O3S. The second-order valence-corrected chi connectivity index (χ2v) is 9.65. The first-order valence-electron chi connectivity index (χ1n) is 11.6. The van der Waals surface area contributed by atoms with Crippen molar-refractivity contribution in [2.24, 2.45) is 0 Å². The number of aromatic nitrogens is 1. The third-order valence-electron chi connectivity index (χ3n) is 5.80. The molecule has 0 radical (unpaired) electrons. The van der Waals surface area contributed by atoms with E-state index in [4.69, 9.17) is 14.5 Å². The maximum Gasteiger partial charge on any atom is 0.260 e. The Bertz CT molecular complexity index is 1240. The average Bonchev–Trinajstić information content (AvgIpc) is 3.28. The number of carbonyl (C=O) groups is 1. The van der Waals surface area contributed by atoms with Gasteiger partial charge in [0.2, 0.25) is 0 Å². The first-order valence-corrected chi connectivity index (χ1v) is 12.4. The van der Waals surface area contributed by atoms with E-state index in [0.717, 1.165) is 29.6 Å². The number of ether oxygens (including phenoxy) is 2. The number of carbonyl (C=O) groups excluding carboxylic acids is 1. The van der Waals surface area contributed by atoms with E-state index in [1.165, 1.54) is 22.5 Å². The highest BCUT2D eigenvalue weighted by atomic mass is 35.5. The SMILES string of the molecule is COc1cc2nc(N(CCCN(C)C)C(=O)c3ccc(Cc4ccccc4)cc3)sc2cc1OC.Cl. The minimum atomic E-state index is -0.0481. The maximum atomic E-state index is 13.6. The Balaban J connectivity index is 0.00000361. The molecule has 4 rings (SSSR count). The molecule has 1 amide bonds. The second kappa shape index (κ2) is 12.7. The van der Waals surface area contributed by atoms with Crippen LogP contribution in [0.3, 0.4) is 0 Å². The maximum absolute atomic E-state index is 13.6. The zero-order valence-electron chi connectivity index (χ0n) is 21.1. The van der Waals surface area contributed by atoms with Crippen molar-refractivity contribution in [2.75, 3.05) is 46.3 Å². The molecule has 0 fully saturated rings. The molecule has 0 aliphatic rings. The second-order valence-electron chi connectivity index (χ2n) is 8.64. The van der Waals surface area contributed by atoms with E-state index in [0.29, 0.717) is 28.7 Å². The summed E-state index contributed by atoms with van der Waals surface area (Å²) in [4.78, 5) is 22.3. The van der Waals surface area contributed by atoms with Gasteiger partial charge < -0.3 is 14.4 Å². The Kier molecular flexibility index (Phi) is 9.70. The number of hydrogen-bond donors (Lipinski definition) is 0. The Morgan fingerprint density at radius 1 is 0.889 bits per heavy atom. The minimum absolute atomic E-state index is 0. The molecule has 0 bridgehead atoms. The molecule has 8 heteroatoms. The van der Waals surface area contributed by atoms with Gasteiger partial charge in [0.05, 0.1) is 24.4 Å². The molecule has 4 aromatic rings. The monoisotopic (exact) mass is 525 g/mol. The number of nitrogens with zero attached hydrogens (tertiary/aromatic N) is 3. The highest BCUT2D eigenvalue weighted by molar-refractivity contribution is 7.22. The largest absolute Gasteiger partial charge is 0.493 e. The van der Waals surface area contributed by atoms with Crippen LogP contribution >= 0.6 is 23.7 Å². The van der Waals surface area contributed by atoms with Crippen molar-refractivity contribution in [2.45, 2.75) is 12.8 Å². The molecule has 1 aromatic heterocycles. The van der Waals surface area contributed by atoms with Gasteiger partial charge in [0.15, 0.2) is 16.6 Å². The van der Waals surface area contributed by atoms with Crippen molar-refractivity contribution in [1.29, 1.82) is 0 Å². The summed E-state index contributed by atoms with van der Waals surface area (Å²) in [5.41, 5.74) is 3.86. The zero-order chi connectivity index (χ0) is 24.8. The normalized spacial score (nSPS) is 10.8. The Morgan fingerprint density at radius 3 is 2.17 bits per heavy atom. The van der Waals surface area contributed by atoms with Crippen LogP contribution in [0.25, 0.3) is 10.2 Å². The van der Waals surface area contributed by atoms with Crippen molar-refractivity contribution < 1.29 is 14.3 Å². The van der Waals surface area contributed by atoms with Crippen LogP contribution in [0.15, 0.2) is 66.7 Å². The standard InChI is InChI=1S/C28H31N3O3S.ClH/c1-30(2)15-8-16-31(28-29-23-18-24(33-3)25(34-4)19-26(23)35-28)27(32)22-13-11-21(12-14-22)17-20-9-6-5-7-10-20;/h5-7,9-14,18-19H,8,15-17H2,1-4H3;1H. The Hall–Kier alpha value is -3.13. The van der Waals surface area contributed by atoms with Crippen LogP contribution in [0.5, 0.6) is 11.5 Å². The Labute approximate surface area is 222 Å². The van der Waals surface area contributed by atoms with E-state index >= 15 is 0 Å². The van der Waals surface area contributed by atoms with E-state index in [1.807, 2.05) is 68.7 Å². The highest BCUT2D eigenvalue weighted by Gasteiger charge is 2.22. The Morgan fingerprint density at radius 2 is 1.53 bits per heavy atom. The lowest BCUT2D eigenvalue weighted by molar-refractivity contribution is 0.0986.